The Hall–Kier alpha value is -1.50. The van der Waals surface area contributed by atoms with Crippen molar-refractivity contribution < 1.29 is 4.74 Å². The lowest BCUT2D eigenvalue weighted by Gasteiger charge is -2.22. The molecule has 3 rings (SSSR count). The molecule has 1 atom stereocenters. The number of aromatic nitrogens is 3. The van der Waals surface area contributed by atoms with Crippen LogP contribution in [0.1, 0.15) is 16.4 Å². The summed E-state index contributed by atoms with van der Waals surface area (Å²) in [7, 11) is 0. The smallest absolute Gasteiger partial charge is 0.0897 e. The second-order valence-corrected chi connectivity index (χ2v) is 6.79. The third kappa shape index (κ3) is 3.82. The van der Waals surface area contributed by atoms with Crippen molar-refractivity contribution in [3.63, 3.8) is 0 Å². The Balaban J connectivity index is 1.70. The fraction of sp³-hybridized carbons (Fsp3) is 0.500. The number of aryl methyl sites for hydroxylation is 1. The summed E-state index contributed by atoms with van der Waals surface area (Å²) in [4.78, 5) is 7.03. The number of rotatable bonds is 6. The summed E-state index contributed by atoms with van der Waals surface area (Å²) >= 11 is 1.71. The number of hydrogen-bond acceptors (Lipinski definition) is 5. The number of fused-ring (bicyclic) bond motifs is 1. The van der Waals surface area contributed by atoms with Gasteiger partial charge in [-0.1, -0.05) is 6.08 Å². The predicted octanol–water partition coefficient (Wildman–Crippen LogP) is 2.48. The highest BCUT2D eigenvalue weighted by atomic mass is 32.1. The zero-order chi connectivity index (χ0) is 15.4. The molecule has 0 bridgehead atoms. The Morgan fingerprint density at radius 2 is 2.41 bits per heavy atom. The highest BCUT2D eigenvalue weighted by Crippen LogP contribution is 2.19. The molecule has 2 aromatic rings. The Kier molecular flexibility index (Phi) is 5.02. The molecule has 0 fully saturated rings. The molecule has 0 N–H and O–H groups in total. The monoisotopic (exact) mass is 318 g/mol. The Labute approximate surface area is 135 Å². The van der Waals surface area contributed by atoms with Gasteiger partial charge >= 0.3 is 0 Å². The van der Waals surface area contributed by atoms with Gasteiger partial charge < -0.3 is 4.74 Å². The lowest BCUT2D eigenvalue weighted by atomic mass is 10.1. The lowest BCUT2D eigenvalue weighted by molar-refractivity contribution is 0.0930. The second-order valence-electron chi connectivity index (χ2n) is 5.72. The first-order valence-electron chi connectivity index (χ1n) is 7.57. The van der Waals surface area contributed by atoms with Crippen LogP contribution in [-0.4, -0.2) is 39.4 Å². The molecule has 1 aliphatic heterocycles. The van der Waals surface area contributed by atoms with Crippen LogP contribution >= 0.6 is 11.3 Å². The highest BCUT2D eigenvalue weighted by molar-refractivity contribution is 7.09. The molecule has 118 valence electrons. The van der Waals surface area contributed by atoms with E-state index in [1.807, 2.05) is 6.20 Å². The van der Waals surface area contributed by atoms with E-state index in [-0.39, 0.29) is 0 Å². The van der Waals surface area contributed by atoms with E-state index in [1.54, 1.807) is 17.4 Å². The zero-order valence-corrected chi connectivity index (χ0v) is 13.8. The summed E-state index contributed by atoms with van der Waals surface area (Å²) in [5, 5.41) is 7.72. The van der Waals surface area contributed by atoms with Crippen molar-refractivity contribution in [2.45, 2.75) is 26.6 Å². The Morgan fingerprint density at radius 1 is 1.50 bits per heavy atom. The van der Waals surface area contributed by atoms with Gasteiger partial charge in [-0.3, -0.25) is 9.58 Å². The molecule has 1 aliphatic rings. The van der Waals surface area contributed by atoms with E-state index in [1.165, 1.54) is 5.69 Å². The first kappa shape index (κ1) is 15.4. The normalized spacial score (nSPS) is 18.9. The molecular weight excluding hydrogens is 296 g/mol. The summed E-state index contributed by atoms with van der Waals surface area (Å²) in [6.07, 6.45) is 3.68. The van der Waals surface area contributed by atoms with Crippen LogP contribution in [0.4, 0.5) is 0 Å². The zero-order valence-electron chi connectivity index (χ0n) is 12.9. The maximum Gasteiger partial charge on any atom is 0.0897 e. The first-order valence-corrected chi connectivity index (χ1v) is 8.45. The molecule has 0 amide bonds. The van der Waals surface area contributed by atoms with Gasteiger partial charge in [0.25, 0.3) is 0 Å². The van der Waals surface area contributed by atoms with E-state index >= 15 is 0 Å². The molecule has 0 unspecified atom stereocenters. The van der Waals surface area contributed by atoms with Crippen LogP contribution < -0.4 is 0 Å². The van der Waals surface area contributed by atoms with Crippen molar-refractivity contribution in [2.24, 2.45) is 5.92 Å². The quantitative estimate of drug-likeness (QED) is 0.606. The van der Waals surface area contributed by atoms with Gasteiger partial charge in [0.1, 0.15) is 0 Å². The van der Waals surface area contributed by atoms with Crippen molar-refractivity contribution in [3.05, 3.63) is 46.7 Å². The molecule has 0 saturated carbocycles. The molecule has 3 heterocycles. The fourth-order valence-corrected chi connectivity index (χ4v) is 3.48. The molecule has 2 aromatic heterocycles. The summed E-state index contributed by atoms with van der Waals surface area (Å²) in [6, 6.07) is 2.10. The number of thiazole rings is 1. The van der Waals surface area contributed by atoms with Crippen molar-refractivity contribution in [3.8, 4) is 0 Å². The van der Waals surface area contributed by atoms with Gasteiger partial charge in [-0.15, -0.1) is 17.9 Å². The summed E-state index contributed by atoms with van der Waals surface area (Å²) in [6.45, 7) is 10.8. The van der Waals surface area contributed by atoms with Gasteiger partial charge in [0.15, 0.2) is 0 Å². The van der Waals surface area contributed by atoms with Crippen LogP contribution in [0.5, 0.6) is 0 Å². The average molecular weight is 318 g/mol. The van der Waals surface area contributed by atoms with E-state index in [0.717, 1.165) is 43.5 Å². The molecule has 0 aliphatic carbocycles. The van der Waals surface area contributed by atoms with E-state index in [0.29, 0.717) is 12.5 Å². The van der Waals surface area contributed by atoms with Crippen LogP contribution in [0.25, 0.3) is 0 Å². The largest absolute Gasteiger partial charge is 0.377 e. The van der Waals surface area contributed by atoms with E-state index in [2.05, 4.69) is 44.6 Å². The topological polar surface area (TPSA) is 43.2 Å². The SMILES string of the molecule is C=CCOC[C@@H]1CN(Cc2csc(C)n2)Cc2ccnn2C1. The Bertz CT molecular complexity index is 621. The minimum atomic E-state index is 0.431. The summed E-state index contributed by atoms with van der Waals surface area (Å²) in [5.41, 5.74) is 2.42. The van der Waals surface area contributed by atoms with Crippen LogP contribution in [-0.2, 0) is 24.4 Å². The van der Waals surface area contributed by atoms with Crippen molar-refractivity contribution in [1.29, 1.82) is 0 Å². The predicted molar refractivity (Wildman–Crippen MR) is 87.7 cm³/mol. The van der Waals surface area contributed by atoms with Gasteiger partial charge in [-0.2, -0.15) is 5.10 Å². The van der Waals surface area contributed by atoms with Crippen LogP contribution in [0.15, 0.2) is 30.3 Å². The van der Waals surface area contributed by atoms with E-state index in [9.17, 15) is 0 Å². The number of ether oxygens (including phenoxy) is 1. The minimum absolute atomic E-state index is 0.431. The first-order chi connectivity index (χ1) is 10.7. The fourth-order valence-electron chi connectivity index (χ4n) is 2.87. The maximum atomic E-state index is 5.67. The molecule has 22 heavy (non-hydrogen) atoms. The summed E-state index contributed by atoms with van der Waals surface area (Å²) < 4.78 is 7.78. The van der Waals surface area contributed by atoms with Crippen molar-refractivity contribution in [2.75, 3.05) is 19.8 Å². The van der Waals surface area contributed by atoms with Gasteiger partial charge in [0.2, 0.25) is 0 Å². The molecule has 0 aromatic carbocycles. The van der Waals surface area contributed by atoms with Gasteiger partial charge in [0.05, 0.1) is 29.6 Å². The molecule has 0 saturated heterocycles. The number of hydrogen-bond donors (Lipinski definition) is 0. The molecule has 0 spiro atoms. The third-order valence-electron chi connectivity index (χ3n) is 3.78. The van der Waals surface area contributed by atoms with Crippen LogP contribution in [0, 0.1) is 12.8 Å². The molecule has 5 nitrogen and oxygen atoms in total. The Morgan fingerprint density at radius 3 is 3.18 bits per heavy atom. The van der Waals surface area contributed by atoms with Gasteiger partial charge in [-0.05, 0) is 13.0 Å². The standard InChI is InChI=1S/C16H22N4OS/c1-3-6-21-11-14-7-19(9-15-12-22-13(2)18-15)10-16-4-5-17-20(16)8-14/h3-5,12,14H,1,6-11H2,2H3/t14-/m1/s1. The average Bonchev–Trinajstić information content (AvgIpc) is 3.05. The van der Waals surface area contributed by atoms with Gasteiger partial charge in [0, 0.05) is 43.7 Å². The lowest BCUT2D eigenvalue weighted by Crippen LogP contribution is -2.30. The molecule has 0 radical (unpaired) electrons. The summed E-state index contributed by atoms with van der Waals surface area (Å²) in [5.74, 6) is 0.431. The molecule has 6 heteroatoms. The van der Waals surface area contributed by atoms with Crippen LogP contribution in [0.3, 0.4) is 0 Å². The maximum absolute atomic E-state index is 5.67. The van der Waals surface area contributed by atoms with Crippen molar-refractivity contribution >= 4 is 11.3 Å². The van der Waals surface area contributed by atoms with Gasteiger partial charge in [-0.25, -0.2) is 4.98 Å². The highest BCUT2D eigenvalue weighted by Gasteiger charge is 2.23. The second kappa shape index (κ2) is 7.17. The van der Waals surface area contributed by atoms with E-state index < -0.39 is 0 Å². The van der Waals surface area contributed by atoms with E-state index in [4.69, 9.17) is 4.74 Å². The minimum Gasteiger partial charge on any atom is -0.377 e. The molecular formula is C16H22N4OS. The number of nitrogens with zero attached hydrogens (tertiary/aromatic N) is 4. The van der Waals surface area contributed by atoms with Crippen LogP contribution in [0.2, 0.25) is 0 Å². The van der Waals surface area contributed by atoms with Crippen molar-refractivity contribution in [1.82, 2.24) is 19.7 Å². The third-order valence-corrected chi connectivity index (χ3v) is 4.60.